The van der Waals surface area contributed by atoms with E-state index in [2.05, 4.69) is 5.32 Å². The van der Waals surface area contributed by atoms with E-state index in [-0.39, 0.29) is 22.2 Å². The summed E-state index contributed by atoms with van der Waals surface area (Å²) in [7, 11) is 0. The number of hydrogen-bond acceptors (Lipinski definition) is 5. The van der Waals surface area contributed by atoms with E-state index in [0.29, 0.717) is 6.54 Å². The van der Waals surface area contributed by atoms with Crippen molar-refractivity contribution in [2.45, 2.75) is 32.3 Å². The van der Waals surface area contributed by atoms with Crippen LogP contribution in [0.5, 0.6) is 0 Å². The Morgan fingerprint density at radius 1 is 1.21 bits per heavy atom. The predicted octanol–water partition coefficient (Wildman–Crippen LogP) is 4.10. The number of non-ortho nitro benzene ring substituents is 1. The zero-order valence-electron chi connectivity index (χ0n) is 15.6. The molecule has 0 fully saturated rings. The minimum atomic E-state index is -1.04. The van der Waals surface area contributed by atoms with Gasteiger partial charge in [-0.25, -0.2) is 4.79 Å². The molecule has 0 radical (unpaired) electrons. The number of carbonyl (C=O) groups excluding carboxylic acids is 2. The van der Waals surface area contributed by atoms with Gasteiger partial charge in [-0.05, 0) is 25.0 Å². The molecule has 0 aliphatic rings. The zero-order valence-corrected chi connectivity index (χ0v) is 16.3. The van der Waals surface area contributed by atoms with Crippen molar-refractivity contribution >= 4 is 29.2 Å². The Kier molecular flexibility index (Phi) is 7.52. The molecule has 0 bridgehead atoms. The van der Waals surface area contributed by atoms with Crippen LogP contribution in [0.1, 0.15) is 42.1 Å². The van der Waals surface area contributed by atoms with Gasteiger partial charge in [0.05, 0.1) is 15.5 Å². The van der Waals surface area contributed by atoms with Gasteiger partial charge in [0.25, 0.3) is 11.6 Å². The van der Waals surface area contributed by atoms with Gasteiger partial charge < -0.3 is 10.1 Å². The maximum atomic E-state index is 12.3. The number of amides is 1. The molecule has 28 heavy (non-hydrogen) atoms. The molecule has 0 unspecified atom stereocenters. The summed E-state index contributed by atoms with van der Waals surface area (Å²) in [6.45, 7) is 3.90. The van der Waals surface area contributed by atoms with Crippen LogP contribution in [0.25, 0.3) is 0 Å². The lowest BCUT2D eigenvalue weighted by atomic mass is 9.96. The number of nitro groups is 1. The maximum Gasteiger partial charge on any atom is 0.340 e. The Bertz CT molecular complexity index is 857. The molecule has 1 N–H and O–H groups in total. The van der Waals surface area contributed by atoms with Crippen molar-refractivity contribution in [2.24, 2.45) is 0 Å². The summed E-state index contributed by atoms with van der Waals surface area (Å²) in [6, 6.07) is 13.2. The highest BCUT2D eigenvalue weighted by Crippen LogP contribution is 2.23. The topological polar surface area (TPSA) is 98.5 Å². The van der Waals surface area contributed by atoms with Gasteiger partial charge in [-0.15, -0.1) is 0 Å². The maximum absolute atomic E-state index is 12.3. The molecule has 0 saturated heterocycles. The van der Waals surface area contributed by atoms with Gasteiger partial charge in [-0.1, -0.05) is 48.9 Å². The quantitative estimate of drug-likeness (QED) is 0.405. The third kappa shape index (κ3) is 5.53. The number of halogens is 1. The van der Waals surface area contributed by atoms with Gasteiger partial charge in [0.1, 0.15) is 0 Å². The lowest BCUT2D eigenvalue weighted by Crippen LogP contribution is -2.38. The summed E-state index contributed by atoms with van der Waals surface area (Å²) in [4.78, 5) is 34.6. The van der Waals surface area contributed by atoms with Crippen LogP contribution in [0, 0.1) is 10.1 Å². The van der Waals surface area contributed by atoms with Gasteiger partial charge in [-0.2, -0.15) is 0 Å². The van der Waals surface area contributed by atoms with Crippen LogP contribution < -0.4 is 5.32 Å². The third-order valence-corrected chi connectivity index (χ3v) is 4.64. The molecular weight excluding hydrogens is 384 g/mol. The molecule has 0 saturated carbocycles. The Labute approximate surface area is 167 Å². The largest absolute Gasteiger partial charge is 0.449 e. The number of nitro benzene ring substituents is 1. The average Bonchev–Trinajstić information content (AvgIpc) is 2.68. The molecule has 2 aromatic rings. The van der Waals surface area contributed by atoms with Crippen LogP contribution in [0.4, 0.5) is 5.69 Å². The van der Waals surface area contributed by atoms with Gasteiger partial charge in [0, 0.05) is 24.6 Å². The first-order chi connectivity index (χ1) is 13.3. The molecule has 0 aromatic heterocycles. The second-order valence-corrected chi connectivity index (χ2v) is 6.64. The summed E-state index contributed by atoms with van der Waals surface area (Å²) < 4.78 is 5.15. The number of carbonyl (C=O) groups is 2. The lowest BCUT2D eigenvalue weighted by molar-refractivity contribution is -0.384. The van der Waals surface area contributed by atoms with Crippen molar-refractivity contribution in [1.82, 2.24) is 5.32 Å². The van der Waals surface area contributed by atoms with E-state index in [9.17, 15) is 19.7 Å². The zero-order chi connectivity index (χ0) is 20.7. The van der Waals surface area contributed by atoms with Crippen molar-refractivity contribution in [3.8, 4) is 0 Å². The van der Waals surface area contributed by atoms with Crippen LogP contribution in [-0.4, -0.2) is 29.4 Å². The minimum absolute atomic E-state index is 0.0392. The SMILES string of the molecule is CC[C@H](CNC(=O)[C@H](C)OC(=O)c1ccc([N+](=O)[O-])cc1Cl)c1ccccc1. The first kappa shape index (κ1) is 21.4. The minimum Gasteiger partial charge on any atom is -0.449 e. The summed E-state index contributed by atoms with van der Waals surface area (Å²) in [6.07, 6.45) is -0.191. The van der Waals surface area contributed by atoms with E-state index >= 15 is 0 Å². The number of rotatable bonds is 8. The van der Waals surface area contributed by atoms with Gasteiger partial charge in [0.15, 0.2) is 6.10 Å². The van der Waals surface area contributed by atoms with E-state index in [1.807, 2.05) is 37.3 Å². The second-order valence-electron chi connectivity index (χ2n) is 6.23. The molecule has 2 aromatic carbocycles. The highest BCUT2D eigenvalue weighted by molar-refractivity contribution is 6.33. The van der Waals surface area contributed by atoms with E-state index in [1.165, 1.54) is 13.0 Å². The van der Waals surface area contributed by atoms with E-state index < -0.39 is 22.9 Å². The van der Waals surface area contributed by atoms with Crippen LogP contribution in [0.2, 0.25) is 5.02 Å². The fourth-order valence-corrected chi connectivity index (χ4v) is 2.90. The highest BCUT2D eigenvalue weighted by atomic mass is 35.5. The van der Waals surface area contributed by atoms with Crippen molar-refractivity contribution in [1.29, 1.82) is 0 Å². The summed E-state index contributed by atoms with van der Waals surface area (Å²) in [5.41, 5.74) is 0.842. The monoisotopic (exact) mass is 404 g/mol. The van der Waals surface area contributed by atoms with Crippen LogP contribution in [-0.2, 0) is 9.53 Å². The Hall–Kier alpha value is -2.93. The van der Waals surface area contributed by atoms with E-state index in [0.717, 1.165) is 24.1 Å². The molecule has 148 valence electrons. The molecule has 7 nitrogen and oxygen atoms in total. The van der Waals surface area contributed by atoms with Crippen LogP contribution in [0.3, 0.4) is 0 Å². The first-order valence-corrected chi connectivity index (χ1v) is 9.18. The highest BCUT2D eigenvalue weighted by Gasteiger charge is 2.22. The molecule has 0 aliphatic carbocycles. The fraction of sp³-hybridized carbons (Fsp3) is 0.300. The molecule has 2 rings (SSSR count). The van der Waals surface area contributed by atoms with Crippen molar-refractivity contribution in [3.63, 3.8) is 0 Å². The summed E-state index contributed by atoms with van der Waals surface area (Å²) in [5, 5.41) is 13.4. The van der Waals surface area contributed by atoms with Gasteiger partial charge in [0.2, 0.25) is 0 Å². The molecule has 2 atom stereocenters. The molecule has 0 spiro atoms. The Morgan fingerprint density at radius 2 is 1.89 bits per heavy atom. The van der Waals surface area contributed by atoms with Gasteiger partial charge in [-0.3, -0.25) is 14.9 Å². The predicted molar refractivity (Wildman–Crippen MR) is 105 cm³/mol. The number of benzene rings is 2. The number of nitrogens with zero attached hydrogens (tertiary/aromatic N) is 1. The Balaban J connectivity index is 1.94. The molecular formula is C20H21ClN2O5. The standard InChI is InChI=1S/C20H21ClN2O5/c1-3-14(15-7-5-4-6-8-15)12-22-19(24)13(2)28-20(25)17-10-9-16(23(26)27)11-18(17)21/h4-11,13-14H,3,12H2,1-2H3,(H,22,24)/t13-,14+/m0/s1. The normalized spacial score (nSPS) is 12.7. The average molecular weight is 405 g/mol. The fourth-order valence-electron chi connectivity index (χ4n) is 2.65. The van der Waals surface area contributed by atoms with Crippen LogP contribution >= 0.6 is 11.6 Å². The Morgan fingerprint density at radius 3 is 2.46 bits per heavy atom. The molecule has 0 heterocycles. The molecule has 8 heteroatoms. The second kappa shape index (κ2) is 9.85. The third-order valence-electron chi connectivity index (χ3n) is 4.32. The number of nitrogens with one attached hydrogen (secondary N) is 1. The van der Waals surface area contributed by atoms with Crippen LogP contribution in [0.15, 0.2) is 48.5 Å². The summed E-state index contributed by atoms with van der Waals surface area (Å²) in [5.74, 6) is -1.10. The molecule has 1 amide bonds. The van der Waals surface area contributed by atoms with Crippen molar-refractivity contribution < 1.29 is 19.2 Å². The smallest absolute Gasteiger partial charge is 0.340 e. The van der Waals surface area contributed by atoms with Crippen molar-refractivity contribution in [2.75, 3.05) is 6.54 Å². The van der Waals surface area contributed by atoms with Gasteiger partial charge >= 0.3 is 5.97 Å². The number of hydrogen-bond donors (Lipinski definition) is 1. The first-order valence-electron chi connectivity index (χ1n) is 8.81. The van der Waals surface area contributed by atoms with Crippen molar-refractivity contribution in [3.05, 3.63) is 74.8 Å². The lowest BCUT2D eigenvalue weighted by Gasteiger charge is -2.18. The van der Waals surface area contributed by atoms with E-state index in [1.54, 1.807) is 0 Å². The summed E-state index contributed by atoms with van der Waals surface area (Å²) >= 11 is 5.91. The number of esters is 1. The molecule has 0 aliphatic heterocycles. The number of ether oxygens (including phenoxy) is 1. The van der Waals surface area contributed by atoms with E-state index in [4.69, 9.17) is 16.3 Å².